The lowest BCUT2D eigenvalue weighted by Crippen LogP contribution is -2.25. The first-order valence-electron chi connectivity index (χ1n) is 11.6. The Bertz CT molecular complexity index is 1580. The molecule has 2 heterocycles. The lowest BCUT2D eigenvalue weighted by molar-refractivity contribution is -0.137. The summed E-state index contributed by atoms with van der Waals surface area (Å²) in [7, 11) is 2.83. The Morgan fingerprint density at radius 2 is 2.08 bits per heavy atom. The summed E-state index contributed by atoms with van der Waals surface area (Å²) in [5, 5.41) is 10.9. The fraction of sp³-hybridized carbons (Fsp3) is 0.269. The van der Waals surface area contributed by atoms with Crippen LogP contribution in [0.15, 0.2) is 52.0 Å². The Morgan fingerprint density at radius 3 is 2.74 bits per heavy atom. The van der Waals surface area contributed by atoms with Gasteiger partial charge >= 0.3 is 6.18 Å². The van der Waals surface area contributed by atoms with Crippen LogP contribution in [0.2, 0.25) is 0 Å². The number of carbonyl (C=O) groups excluding carboxylic acids is 1. The maximum absolute atomic E-state index is 13.6. The summed E-state index contributed by atoms with van der Waals surface area (Å²) in [5.74, 6) is 5.59. The number of aliphatic imine (C=N–C) groups is 1. The van der Waals surface area contributed by atoms with Gasteiger partial charge in [-0.1, -0.05) is 17.3 Å². The van der Waals surface area contributed by atoms with E-state index in [-0.39, 0.29) is 39.8 Å². The highest BCUT2D eigenvalue weighted by molar-refractivity contribution is 7.15. The molecule has 0 unspecified atom stereocenters. The molecule has 0 aliphatic heterocycles. The largest absolute Gasteiger partial charge is 0.496 e. The smallest absolute Gasteiger partial charge is 0.416 e. The molecule has 1 aliphatic rings. The van der Waals surface area contributed by atoms with Crippen LogP contribution in [-0.2, 0) is 12.7 Å². The van der Waals surface area contributed by atoms with Gasteiger partial charge in [-0.3, -0.25) is 19.9 Å². The Morgan fingerprint density at radius 1 is 1.31 bits per heavy atom. The lowest BCUT2D eigenvalue weighted by atomic mass is 9.98. The summed E-state index contributed by atoms with van der Waals surface area (Å²) in [6.45, 7) is -0.0968. The van der Waals surface area contributed by atoms with E-state index >= 15 is 0 Å². The van der Waals surface area contributed by atoms with Crippen molar-refractivity contribution in [1.29, 1.82) is 0 Å². The van der Waals surface area contributed by atoms with E-state index < -0.39 is 23.2 Å². The predicted molar refractivity (Wildman–Crippen MR) is 142 cm³/mol. The molecule has 4 rings (SSSR count). The monoisotopic (exact) mass is 556 g/mol. The topological polar surface area (TPSA) is 124 Å². The van der Waals surface area contributed by atoms with E-state index in [0.29, 0.717) is 10.9 Å². The van der Waals surface area contributed by atoms with Crippen molar-refractivity contribution in [3.05, 3.63) is 68.7 Å². The summed E-state index contributed by atoms with van der Waals surface area (Å²) in [5.41, 5.74) is 4.46. The molecule has 1 aromatic carbocycles. The molecule has 9 nitrogen and oxygen atoms in total. The highest BCUT2D eigenvalue weighted by Gasteiger charge is 2.32. The second kappa shape index (κ2) is 11.5. The molecular weight excluding hydrogens is 533 g/mol. The number of nitrogens with one attached hydrogen (secondary N) is 1. The molecule has 0 radical (unpaired) electrons. The summed E-state index contributed by atoms with van der Waals surface area (Å²) in [4.78, 5) is 30.1. The van der Waals surface area contributed by atoms with E-state index in [2.05, 4.69) is 32.3 Å². The average molecular weight is 557 g/mol. The minimum Gasteiger partial charge on any atom is -0.496 e. The number of hydrogen-bond acceptors (Lipinski definition) is 8. The number of allylic oxidation sites excluding steroid dienone is 2. The molecule has 3 aromatic rings. The molecular formula is C26H23F3N6O3S. The van der Waals surface area contributed by atoms with E-state index in [9.17, 15) is 22.8 Å². The molecule has 202 valence electrons. The number of anilines is 1. The Hall–Kier alpha value is -4.44. The highest BCUT2D eigenvalue weighted by atomic mass is 32.1. The van der Waals surface area contributed by atoms with Crippen LogP contribution in [0.4, 0.5) is 18.3 Å². The van der Waals surface area contributed by atoms with Gasteiger partial charge in [0, 0.05) is 48.3 Å². The molecule has 0 bridgehead atoms. The van der Waals surface area contributed by atoms with Gasteiger partial charge in [0.1, 0.15) is 5.75 Å². The number of rotatable bonds is 7. The summed E-state index contributed by atoms with van der Waals surface area (Å²) in [6.07, 6.45) is 1.61. The Labute approximate surface area is 225 Å². The fourth-order valence-corrected chi connectivity index (χ4v) is 4.09. The lowest BCUT2D eigenvalue weighted by Gasteiger charge is -2.17. The van der Waals surface area contributed by atoms with Crippen molar-refractivity contribution in [3.8, 4) is 28.7 Å². The third-order valence-electron chi connectivity index (χ3n) is 5.58. The molecule has 0 atom stereocenters. The van der Waals surface area contributed by atoms with Crippen molar-refractivity contribution in [1.82, 2.24) is 14.8 Å². The fourth-order valence-electron chi connectivity index (χ4n) is 3.49. The molecule has 2 aromatic heterocycles. The first-order chi connectivity index (χ1) is 18.6. The second-order valence-corrected chi connectivity index (χ2v) is 9.52. The third kappa shape index (κ3) is 6.91. The normalized spacial score (nSPS) is 13.7. The van der Waals surface area contributed by atoms with Crippen LogP contribution >= 0.6 is 11.3 Å². The van der Waals surface area contributed by atoms with Gasteiger partial charge in [-0.2, -0.15) is 13.2 Å². The molecule has 1 fully saturated rings. The number of benzene rings is 1. The minimum atomic E-state index is -4.66. The SMILES string of the molecule is CN=C/C=C(\N)Cn1cc(-c2cc(C(F)(F)F)ccc2OC)c(C(=O)Nc2nnc(C#CC3CC3)s2)cc1=O. The molecule has 1 amide bonds. The zero-order valence-corrected chi connectivity index (χ0v) is 21.7. The van der Waals surface area contributed by atoms with E-state index in [1.807, 2.05) is 0 Å². The zero-order chi connectivity index (χ0) is 28.2. The van der Waals surface area contributed by atoms with Crippen molar-refractivity contribution in [2.75, 3.05) is 19.5 Å². The molecule has 0 spiro atoms. The average Bonchev–Trinajstić information content (AvgIpc) is 3.63. The van der Waals surface area contributed by atoms with Gasteiger partial charge in [0.2, 0.25) is 5.13 Å². The third-order valence-corrected chi connectivity index (χ3v) is 6.34. The van der Waals surface area contributed by atoms with E-state index in [0.717, 1.165) is 48.4 Å². The summed E-state index contributed by atoms with van der Waals surface area (Å²) < 4.78 is 47.2. The molecule has 0 saturated heterocycles. The van der Waals surface area contributed by atoms with Gasteiger partial charge in [0.15, 0.2) is 5.01 Å². The van der Waals surface area contributed by atoms with Gasteiger partial charge < -0.3 is 15.0 Å². The van der Waals surface area contributed by atoms with Crippen LogP contribution < -0.4 is 21.3 Å². The van der Waals surface area contributed by atoms with Crippen LogP contribution in [0.1, 0.15) is 33.8 Å². The van der Waals surface area contributed by atoms with Gasteiger partial charge in [-0.25, -0.2) is 0 Å². The quantitative estimate of drug-likeness (QED) is 0.336. The number of pyridine rings is 1. The number of carbonyl (C=O) groups is 1. The van der Waals surface area contributed by atoms with Crippen molar-refractivity contribution in [2.24, 2.45) is 16.6 Å². The van der Waals surface area contributed by atoms with Crippen molar-refractivity contribution in [3.63, 3.8) is 0 Å². The van der Waals surface area contributed by atoms with Gasteiger partial charge in [-0.05, 0) is 43.0 Å². The number of nitrogens with two attached hydrogens (primary N) is 1. The number of aromatic nitrogens is 3. The molecule has 1 aliphatic carbocycles. The number of ether oxygens (including phenoxy) is 1. The maximum atomic E-state index is 13.6. The van der Waals surface area contributed by atoms with Crippen LogP contribution in [0.25, 0.3) is 11.1 Å². The number of amides is 1. The summed E-state index contributed by atoms with van der Waals surface area (Å²) in [6, 6.07) is 3.91. The van der Waals surface area contributed by atoms with Crippen LogP contribution in [0.5, 0.6) is 5.75 Å². The predicted octanol–water partition coefficient (Wildman–Crippen LogP) is 3.95. The number of alkyl halides is 3. The van der Waals surface area contributed by atoms with Crippen molar-refractivity contribution in [2.45, 2.75) is 25.6 Å². The van der Waals surface area contributed by atoms with E-state index in [4.69, 9.17) is 10.5 Å². The van der Waals surface area contributed by atoms with E-state index in [1.54, 1.807) is 7.05 Å². The number of methoxy groups -OCH3 is 1. The van der Waals surface area contributed by atoms with Gasteiger partial charge in [0.05, 0.1) is 24.8 Å². The van der Waals surface area contributed by atoms with Crippen LogP contribution in [0, 0.1) is 17.8 Å². The first kappa shape index (κ1) is 27.6. The maximum Gasteiger partial charge on any atom is 0.416 e. The Balaban J connectivity index is 1.79. The summed E-state index contributed by atoms with van der Waals surface area (Å²) >= 11 is 1.04. The van der Waals surface area contributed by atoms with Crippen LogP contribution in [-0.4, -0.2) is 41.0 Å². The molecule has 3 N–H and O–H groups in total. The Kier molecular flexibility index (Phi) is 8.15. The molecule has 13 heteroatoms. The van der Waals surface area contributed by atoms with Crippen LogP contribution in [0.3, 0.4) is 0 Å². The van der Waals surface area contributed by atoms with E-state index in [1.165, 1.54) is 30.2 Å². The second-order valence-electron chi connectivity index (χ2n) is 8.54. The number of hydrogen-bond donors (Lipinski definition) is 2. The van der Waals surface area contributed by atoms with Crippen molar-refractivity contribution < 1.29 is 22.7 Å². The standard InChI is InChI=1S/C26H23F3N6O3S/c1-31-10-9-17(30)13-35-14-20(18-11-16(26(27,28)29)6-7-21(18)38-2)19(12-23(35)36)24(37)32-25-34-33-22(39-25)8-5-15-3-4-15/h6-7,9-12,14-15H,3-4,13,30H2,1-2H3,(H,32,34,37)/b17-9-,31-10?. The van der Waals surface area contributed by atoms with Gasteiger partial charge in [-0.15, -0.1) is 10.2 Å². The first-order valence-corrected chi connectivity index (χ1v) is 12.4. The molecule has 1 saturated carbocycles. The number of nitrogens with zero attached hydrogens (tertiary/aromatic N) is 4. The number of halogens is 3. The molecule has 39 heavy (non-hydrogen) atoms. The highest BCUT2D eigenvalue weighted by Crippen LogP contribution is 2.38. The zero-order valence-electron chi connectivity index (χ0n) is 20.9. The van der Waals surface area contributed by atoms with Gasteiger partial charge in [0.25, 0.3) is 11.5 Å². The minimum absolute atomic E-state index is 0.0188. The van der Waals surface area contributed by atoms with Crippen molar-refractivity contribution >= 4 is 28.6 Å².